The number of halogens is 3. The molecule has 1 rings (SSSR count). The molecule has 1 aromatic rings. The summed E-state index contributed by atoms with van der Waals surface area (Å²) in [6.45, 7) is 4.92. The molecule has 0 atom stereocenters. The van der Waals surface area contributed by atoms with Crippen LogP contribution >= 0.6 is 0 Å². The topological polar surface area (TPSA) is 52.3 Å². The fraction of sp³-hybridized carbons (Fsp3) is 0.500. The van der Waals surface area contributed by atoms with Gasteiger partial charge in [-0.3, -0.25) is 4.79 Å². The predicted octanol–water partition coefficient (Wildman–Crippen LogP) is 3.38. The van der Waals surface area contributed by atoms with Gasteiger partial charge in [0.15, 0.2) is 0 Å². The van der Waals surface area contributed by atoms with Crippen molar-refractivity contribution < 1.29 is 22.7 Å². The fourth-order valence-corrected chi connectivity index (χ4v) is 2.21. The average Bonchev–Trinajstić information content (AvgIpc) is 2.26. The fourth-order valence-electron chi connectivity index (χ4n) is 2.21. The highest BCUT2D eigenvalue weighted by molar-refractivity contribution is 5.85. The molecule has 1 aromatic carbocycles. The number of carbonyl (C=O) groups excluding carboxylic acids is 1. The first-order valence-electron chi connectivity index (χ1n) is 6.03. The number of anilines is 1. The highest BCUT2D eigenvalue weighted by Gasteiger charge is 2.42. The van der Waals surface area contributed by atoms with Gasteiger partial charge in [0.05, 0.1) is 12.8 Å². The summed E-state index contributed by atoms with van der Waals surface area (Å²) < 4.78 is 42.3. The van der Waals surface area contributed by atoms with Crippen molar-refractivity contribution in [2.24, 2.45) is 0 Å². The maximum Gasteiger partial charge on any atom is 0.450 e. The zero-order valence-electron chi connectivity index (χ0n) is 11.9. The van der Waals surface area contributed by atoms with Gasteiger partial charge in [0.1, 0.15) is 5.75 Å². The monoisotopic (exact) mass is 289 g/mol. The van der Waals surface area contributed by atoms with Crippen molar-refractivity contribution in [3.8, 4) is 5.75 Å². The smallest absolute Gasteiger partial charge is 0.450 e. The van der Waals surface area contributed by atoms with Gasteiger partial charge in [0.2, 0.25) is 5.78 Å². The molecule has 0 unspecified atom stereocenters. The largest absolute Gasteiger partial charge is 0.495 e. The van der Waals surface area contributed by atoms with Crippen molar-refractivity contribution >= 4 is 11.5 Å². The van der Waals surface area contributed by atoms with Crippen LogP contribution in [0.5, 0.6) is 5.75 Å². The normalized spacial score (nSPS) is 12.3. The molecule has 0 heterocycles. The van der Waals surface area contributed by atoms with Gasteiger partial charge in [0.25, 0.3) is 0 Å². The van der Waals surface area contributed by atoms with Crippen molar-refractivity contribution in [1.82, 2.24) is 0 Å². The number of Topliss-reactive ketones (excluding diaryl/α,β-unsaturated/α-hetero) is 1. The Bertz CT molecular complexity index is 522. The number of nitrogens with two attached hydrogens (primary N) is 1. The van der Waals surface area contributed by atoms with E-state index in [1.54, 1.807) is 32.9 Å². The van der Waals surface area contributed by atoms with Gasteiger partial charge in [-0.1, -0.05) is 13.8 Å². The van der Waals surface area contributed by atoms with Gasteiger partial charge in [-0.05, 0) is 35.6 Å². The summed E-state index contributed by atoms with van der Waals surface area (Å²) in [5.41, 5.74) is 6.53. The van der Waals surface area contributed by atoms with Crippen molar-refractivity contribution in [3.05, 3.63) is 23.3 Å². The lowest BCUT2D eigenvalue weighted by Crippen LogP contribution is -2.31. The van der Waals surface area contributed by atoms with Gasteiger partial charge < -0.3 is 10.5 Å². The van der Waals surface area contributed by atoms with E-state index in [-0.39, 0.29) is 0 Å². The zero-order chi connectivity index (χ0) is 15.7. The summed E-state index contributed by atoms with van der Waals surface area (Å²) in [7, 11) is 1.43. The van der Waals surface area contributed by atoms with E-state index >= 15 is 0 Å². The standard InChI is InChI=1S/C14H18F3NO2/c1-8-5-10(18)11(20-4)6-9(8)13(2,3)7-12(19)14(15,16)17/h5-6H,7,18H2,1-4H3. The summed E-state index contributed by atoms with van der Waals surface area (Å²) in [4.78, 5) is 11.2. The molecule has 0 saturated heterocycles. The van der Waals surface area contributed by atoms with Gasteiger partial charge in [-0.15, -0.1) is 0 Å². The molecule has 0 aliphatic heterocycles. The van der Waals surface area contributed by atoms with E-state index in [4.69, 9.17) is 10.5 Å². The molecule has 0 radical (unpaired) electrons. The third-order valence-corrected chi connectivity index (χ3v) is 3.22. The molecule has 0 aliphatic rings. The van der Waals surface area contributed by atoms with Crippen LogP contribution in [0.4, 0.5) is 18.9 Å². The molecule has 0 fully saturated rings. The van der Waals surface area contributed by atoms with Gasteiger partial charge >= 0.3 is 6.18 Å². The van der Waals surface area contributed by atoms with Crippen LogP contribution in [0.2, 0.25) is 0 Å². The summed E-state index contributed by atoms with van der Waals surface area (Å²) in [5, 5.41) is 0. The van der Waals surface area contributed by atoms with E-state index in [9.17, 15) is 18.0 Å². The van der Waals surface area contributed by atoms with Gasteiger partial charge in [0, 0.05) is 6.42 Å². The van der Waals surface area contributed by atoms with Crippen LogP contribution in [0.3, 0.4) is 0 Å². The number of hydrogen-bond acceptors (Lipinski definition) is 3. The van der Waals surface area contributed by atoms with Crippen molar-refractivity contribution in [3.63, 3.8) is 0 Å². The maximum atomic E-state index is 12.4. The Balaban J connectivity index is 3.18. The molecule has 112 valence electrons. The van der Waals surface area contributed by atoms with Crippen molar-refractivity contribution in [2.45, 2.75) is 38.8 Å². The van der Waals surface area contributed by atoms with Crippen molar-refractivity contribution in [1.29, 1.82) is 0 Å². The van der Waals surface area contributed by atoms with Crippen LogP contribution in [0.15, 0.2) is 12.1 Å². The molecule has 0 aromatic heterocycles. The lowest BCUT2D eigenvalue weighted by atomic mass is 9.77. The zero-order valence-corrected chi connectivity index (χ0v) is 11.9. The van der Waals surface area contributed by atoms with Crippen LogP contribution in [0.1, 0.15) is 31.4 Å². The van der Waals surface area contributed by atoms with E-state index in [0.29, 0.717) is 17.0 Å². The SMILES string of the molecule is COc1cc(C(C)(C)CC(=O)C(F)(F)F)c(C)cc1N. The number of benzene rings is 1. The first kappa shape index (κ1) is 16.3. The first-order chi connectivity index (χ1) is 8.99. The van der Waals surface area contributed by atoms with Crippen LogP contribution in [-0.4, -0.2) is 19.1 Å². The lowest BCUT2D eigenvalue weighted by Gasteiger charge is -2.27. The van der Waals surface area contributed by atoms with Crippen LogP contribution in [0, 0.1) is 6.92 Å². The number of ether oxygens (including phenoxy) is 1. The maximum absolute atomic E-state index is 12.4. The number of nitrogen functional groups attached to an aromatic ring is 1. The van der Waals surface area contributed by atoms with E-state index in [1.165, 1.54) is 7.11 Å². The number of aryl methyl sites for hydroxylation is 1. The minimum atomic E-state index is -4.82. The number of rotatable bonds is 4. The second-order valence-electron chi connectivity index (χ2n) is 5.39. The van der Waals surface area contributed by atoms with Crippen molar-refractivity contribution in [2.75, 3.05) is 12.8 Å². The quantitative estimate of drug-likeness (QED) is 0.864. The number of alkyl halides is 3. The minimum absolute atomic E-state index is 0.387. The van der Waals surface area contributed by atoms with Gasteiger partial charge in [-0.2, -0.15) is 13.2 Å². The second-order valence-corrected chi connectivity index (χ2v) is 5.39. The van der Waals surface area contributed by atoms with Crippen LogP contribution < -0.4 is 10.5 Å². The Morgan fingerprint density at radius 1 is 1.30 bits per heavy atom. The Hall–Kier alpha value is -1.72. The Morgan fingerprint density at radius 2 is 1.85 bits per heavy atom. The molecule has 0 spiro atoms. The van der Waals surface area contributed by atoms with Crippen LogP contribution in [0.25, 0.3) is 0 Å². The molecular weight excluding hydrogens is 271 g/mol. The predicted molar refractivity (Wildman–Crippen MR) is 70.8 cm³/mol. The van der Waals surface area contributed by atoms with Gasteiger partial charge in [-0.25, -0.2) is 0 Å². The van der Waals surface area contributed by atoms with E-state index in [1.807, 2.05) is 0 Å². The number of carbonyl (C=O) groups is 1. The van der Waals surface area contributed by atoms with E-state index in [2.05, 4.69) is 0 Å². The summed E-state index contributed by atoms with van der Waals surface area (Å²) in [6.07, 6.45) is -5.44. The number of ketones is 1. The highest BCUT2D eigenvalue weighted by atomic mass is 19.4. The molecule has 6 heteroatoms. The number of hydrogen-bond donors (Lipinski definition) is 1. The lowest BCUT2D eigenvalue weighted by molar-refractivity contribution is -0.172. The second kappa shape index (κ2) is 5.34. The molecule has 0 bridgehead atoms. The van der Waals surface area contributed by atoms with E-state index in [0.717, 1.165) is 5.56 Å². The molecule has 0 aliphatic carbocycles. The molecule has 0 amide bonds. The molecule has 3 nitrogen and oxygen atoms in total. The molecular formula is C14H18F3NO2. The Morgan fingerprint density at radius 3 is 2.30 bits per heavy atom. The third kappa shape index (κ3) is 3.43. The average molecular weight is 289 g/mol. The third-order valence-electron chi connectivity index (χ3n) is 3.22. The summed E-state index contributed by atoms with van der Waals surface area (Å²) in [6, 6.07) is 3.22. The minimum Gasteiger partial charge on any atom is -0.495 e. The highest BCUT2D eigenvalue weighted by Crippen LogP contribution is 2.37. The summed E-state index contributed by atoms with van der Waals surface area (Å²) in [5.74, 6) is -1.35. The molecule has 0 saturated carbocycles. The molecule has 2 N–H and O–H groups in total. The number of methoxy groups -OCH3 is 1. The Kier molecular flexibility index (Phi) is 4.36. The van der Waals surface area contributed by atoms with E-state index < -0.39 is 23.8 Å². The first-order valence-corrected chi connectivity index (χ1v) is 6.03. The molecule has 20 heavy (non-hydrogen) atoms. The Labute approximate surface area is 115 Å². The van der Waals surface area contributed by atoms with Crippen LogP contribution in [-0.2, 0) is 10.2 Å². The summed E-state index contributed by atoms with van der Waals surface area (Å²) >= 11 is 0.